The van der Waals surface area contributed by atoms with Crippen molar-refractivity contribution in [1.29, 1.82) is 0 Å². The molecule has 9 heteroatoms. The molecule has 0 radical (unpaired) electrons. The predicted molar refractivity (Wildman–Crippen MR) is 99.8 cm³/mol. The monoisotopic (exact) mass is 393 g/mol. The molecule has 1 atom stereocenters. The summed E-state index contributed by atoms with van der Waals surface area (Å²) in [7, 11) is 1.30. The number of imide groups is 1. The summed E-state index contributed by atoms with van der Waals surface area (Å²) in [6.45, 7) is 4.90. The summed E-state index contributed by atoms with van der Waals surface area (Å²) in [5.41, 5.74) is 0.277. The highest BCUT2D eigenvalue weighted by Gasteiger charge is 2.45. The van der Waals surface area contributed by atoms with E-state index in [-0.39, 0.29) is 0 Å². The van der Waals surface area contributed by atoms with Crippen LogP contribution in [0.25, 0.3) is 0 Å². The molecule has 0 saturated carbocycles. The zero-order chi connectivity index (χ0) is 19.9. The number of carbonyl (C=O) groups excluding carboxylic acids is 4. The normalized spacial score (nSPS) is 20.9. The highest BCUT2D eigenvalue weighted by atomic mass is 32.1. The van der Waals surface area contributed by atoms with Gasteiger partial charge >= 0.3 is 12.0 Å². The van der Waals surface area contributed by atoms with E-state index >= 15 is 0 Å². The molecule has 0 spiro atoms. The number of hydrogen-bond acceptors (Lipinski definition) is 6. The Kier molecular flexibility index (Phi) is 4.98. The minimum absolute atomic E-state index is 0.385. The number of hydrogen-bond donors (Lipinski definition) is 2. The van der Waals surface area contributed by atoms with Crippen molar-refractivity contribution < 1.29 is 23.9 Å². The van der Waals surface area contributed by atoms with Crippen molar-refractivity contribution in [3.63, 3.8) is 0 Å². The van der Waals surface area contributed by atoms with E-state index in [0.717, 1.165) is 34.6 Å². The zero-order valence-electron chi connectivity index (χ0n) is 15.8. The van der Waals surface area contributed by atoms with Crippen molar-refractivity contribution in [2.45, 2.75) is 45.6 Å². The summed E-state index contributed by atoms with van der Waals surface area (Å²) in [5.74, 6) is -0.977. The number of fused-ring (bicyclic) bond motifs is 1. The number of carbonyl (C=O) groups is 4. The highest BCUT2D eigenvalue weighted by Crippen LogP contribution is 2.40. The molecule has 1 saturated heterocycles. The Balaban J connectivity index is 1.81. The fourth-order valence-electron chi connectivity index (χ4n) is 3.43. The average molecular weight is 393 g/mol. The molecule has 0 unspecified atom stereocenters. The molecule has 27 heavy (non-hydrogen) atoms. The summed E-state index contributed by atoms with van der Waals surface area (Å²) in [6.07, 6.45) is 2.58. The molecule has 1 aliphatic carbocycles. The number of nitrogens with zero attached hydrogens (tertiary/aromatic N) is 1. The van der Waals surface area contributed by atoms with Gasteiger partial charge in [0.15, 0.2) is 0 Å². The molecule has 0 bridgehead atoms. The van der Waals surface area contributed by atoms with Crippen LogP contribution < -0.4 is 10.6 Å². The third-order valence-electron chi connectivity index (χ3n) is 4.90. The van der Waals surface area contributed by atoms with E-state index in [0.29, 0.717) is 16.5 Å². The van der Waals surface area contributed by atoms with E-state index in [1.54, 1.807) is 13.8 Å². The van der Waals surface area contributed by atoms with Gasteiger partial charge in [0.25, 0.3) is 5.91 Å². The first-order chi connectivity index (χ1) is 12.6. The summed E-state index contributed by atoms with van der Waals surface area (Å²) < 4.78 is 4.89. The number of amides is 4. The molecule has 3 rings (SSSR count). The van der Waals surface area contributed by atoms with Gasteiger partial charge in [0.05, 0.1) is 12.7 Å². The number of rotatable bonds is 4. The quantitative estimate of drug-likeness (QED) is 0.601. The van der Waals surface area contributed by atoms with E-state index in [1.807, 2.05) is 0 Å². The molecular weight excluding hydrogens is 370 g/mol. The molecule has 2 heterocycles. The van der Waals surface area contributed by atoms with Crippen molar-refractivity contribution in [3.05, 3.63) is 16.0 Å². The molecule has 2 aliphatic rings. The number of anilines is 1. The lowest BCUT2D eigenvalue weighted by atomic mass is 9.88. The van der Waals surface area contributed by atoms with Crippen LogP contribution in [0, 0.1) is 5.92 Å². The number of methoxy groups -OCH3 is 1. The van der Waals surface area contributed by atoms with Crippen molar-refractivity contribution in [2.24, 2.45) is 5.92 Å². The minimum Gasteiger partial charge on any atom is -0.465 e. The van der Waals surface area contributed by atoms with Gasteiger partial charge in [0.2, 0.25) is 5.91 Å². The van der Waals surface area contributed by atoms with Crippen LogP contribution in [-0.2, 0) is 27.2 Å². The van der Waals surface area contributed by atoms with Crippen LogP contribution in [0.1, 0.15) is 48.0 Å². The van der Waals surface area contributed by atoms with Crippen LogP contribution in [0.4, 0.5) is 9.80 Å². The van der Waals surface area contributed by atoms with Gasteiger partial charge in [-0.25, -0.2) is 9.59 Å². The van der Waals surface area contributed by atoms with Gasteiger partial charge in [-0.1, -0.05) is 6.92 Å². The minimum atomic E-state index is -1.04. The van der Waals surface area contributed by atoms with Crippen LogP contribution in [0.15, 0.2) is 0 Å². The van der Waals surface area contributed by atoms with E-state index in [4.69, 9.17) is 4.74 Å². The lowest BCUT2D eigenvalue weighted by Crippen LogP contribution is -2.41. The number of ether oxygens (including phenoxy) is 1. The van der Waals surface area contributed by atoms with Crippen LogP contribution in [0.5, 0.6) is 0 Å². The Morgan fingerprint density at radius 1 is 1.37 bits per heavy atom. The van der Waals surface area contributed by atoms with Crippen LogP contribution >= 0.6 is 11.3 Å². The maximum absolute atomic E-state index is 12.5. The van der Waals surface area contributed by atoms with Gasteiger partial charge in [-0.15, -0.1) is 11.3 Å². The lowest BCUT2D eigenvalue weighted by Gasteiger charge is -2.18. The second kappa shape index (κ2) is 6.95. The van der Waals surface area contributed by atoms with Gasteiger partial charge in [0, 0.05) is 4.88 Å². The summed E-state index contributed by atoms with van der Waals surface area (Å²) >= 11 is 1.36. The summed E-state index contributed by atoms with van der Waals surface area (Å²) in [4.78, 5) is 50.9. The Bertz CT molecular complexity index is 829. The van der Waals surface area contributed by atoms with Crippen LogP contribution in [0.3, 0.4) is 0 Å². The van der Waals surface area contributed by atoms with Crippen molar-refractivity contribution in [1.82, 2.24) is 10.2 Å². The third kappa shape index (κ3) is 3.55. The molecule has 1 fully saturated rings. The van der Waals surface area contributed by atoms with Gasteiger partial charge in [-0.2, -0.15) is 0 Å². The molecule has 1 aromatic rings. The summed E-state index contributed by atoms with van der Waals surface area (Å²) in [5, 5.41) is 5.64. The van der Waals surface area contributed by atoms with Crippen molar-refractivity contribution >= 4 is 40.2 Å². The first-order valence-electron chi connectivity index (χ1n) is 8.81. The molecule has 1 aliphatic heterocycles. The highest BCUT2D eigenvalue weighted by molar-refractivity contribution is 7.17. The summed E-state index contributed by atoms with van der Waals surface area (Å²) in [6, 6.07) is -0.604. The number of thiophene rings is 1. The van der Waals surface area contributed by atoms with Gasteiger partial charge in [-0.3, -0.25) is 14.5 Å². The maximum Gasteiger partial charge on any atom is 0.341 e. The fourth-order valence-corrected chi connectivity index (χ4v) is 4.84. The van der Waals surface area contributed by atoms with Gasteiger partial charge in [-0.05, 0) is 44.6 Å². The Morgan fingerprint density at radius 3 is 2.67 bits per heavy atom. The first-order valence-corrected chi connectivity index (χ1v) is 9.62. The molecule has 8 nitrogen and oxygen atoms in total. The molecular formula is C18H23N3O5S. The zero-order valence-corrected chi connectivity index (χ0v) is 16.6. The molecule has 4 amide bonds. The molecule has 1 aromatic heterocycles. The number of urea groups is 1. The predicted octanol–water partition coefficient (Wildman–Crippen LogP) is 1.93. The third-order valence-corrected chi connectivity index (χ3v) is 6.07. The SMILES string of the molecule is COC(=O)c1c(NC(=O)CN2C(=O)NC(C)(C)C2=O)sc2c1CC[C@H](C)C2. The molecule has 0 aromatic carbocycles. The smallest absolute Gasteiger partial charge is 0.341 e. The first kappa shape index (κ1) is 19.3. The number of nitrogens with one attached hydrogen (secondary N) is 2. The second-order valence-electron chi connectivity index (χ2n) is 7.54. The fraction of sp³-hybridized carbons (Fsp3) is 0.556. The van der Waals surface area contributed by atoms with Crippen molar-refractivity contribution in [3.8, 4) is 0 Å². The standard InChI is InChI=1S/C18H23N3O5S/c1-9-5-6-10-11(7-9)27-14(13(10)15(23)26-4)19-12(22)8-21-16(24)18(2,3)20-17(21)25/h9H,5-8H2,1-4H3,(H,19,22)(H,20,25)/t9-/m0/s1. The van der Waals surface area contributed by atoms with E-state index in [9.17, 15) is 19.2 Å². The lowest BCUT2D eigenvalue weighted by molar-refractivity contribution is -0.132. The molecule has 146 valence electrons. The second-order valence-corrected chi connectivity index (χ2v) is 8.65. The van der Waals surface area contributed by atoms with Crippen LogP contribution in [-0.4, -0.2) is 47.9 Å². The Labute approximate surface area is 161 Å². The van der Waals surface area contributed by atoms with E-state index < -0.39 is 35.9 Å². The average Bonchev–Trinajstić information content (AvgIpc) is 3.02. The van der Waals surface area contributed by atoms with Gasteiger partial charge < -0.3 is 15.4 Å². The van der Waals surface area contributed by atoms with E-state index in [2.05, 4.69) is 17.6 Å². The van der Waals surface area contributed by atoms with Crippen LogP contribution in [0.2, 0.25) is 0 Å². The Morgan fingerprint density at radius 2 is 2.07 bits per heavy atom. The largest absolute Gasteiger partial charge is 0.465 e. The van der Waals surface area contributed by atoms with Crippen molar-refractivity contribution in [2.75, 3.05) is 19.0 Å². The molecule has 2 N–H and O–H groups in total. The number of esters is 1. The Hall–Kier alpha value is -2.42. The topological polar surface area (TPSA) is 105 Å². The maximum atomic E-state index is 12.5. The van der Waals surface area contributed by atoms with Gasteiger partial charge in [0.1, 0.15) is 17.1 Å². The van der Waals surface area contributed by atoms with E-state index in [1.165, 1.54) is 18.4 Å².